The number of hydrogen-bond donors (Lipinski definition) is 2. The van der Waals surface area contributed by atoms with Gasteiger partial charge in [0.2, 0.25) is 10.0 Å². The van der Waals surface area contributed by atoms with Gasteiger partial charge >= 0.3 is 0 Å². The lowest BCUT2D eigenvalue weighted by molar-refractivity contribution is -0.0248. The van der Waals surface area contributed by atoms with Gasteiger partial charge in [0.1, 0.15) is 0 Å². The van der Waals surface area contributed by atoms with Gasteiger partial charge in [-0.3, -0.25) is 0 Å². The first kappa shape index (κ1) is 15.4. The van der Waals surface area contributed by atoms with Gasteiger partial charge < -0.3 is 10.5 Å². The zero-order valence-electron chi connectivity index (χ0n) is 11.7. The maximum atomic E-state index is 12.1. The lowest BCUT2D eigenvalue weighted by Crippen LogP contribution is -2.64. The average Bonchev–Trinajstić information content (AvgIpc) is 2.44. The Labute approximate surface area is 120 Å². The molecule has 1 saturated carbocycles. The molecular weight excluding hydrogens is 276 g/mol. The second kappa shape index (κ2) is 6.67. The maximum absolute atomic E-state index is 12.1. The van der Waals surface area contributed by atoms with Crippen molar-refractivity contribution in [2.45, 2.75) is 38.0 Å². The molecule has 1 aromatic rings. The molecule has 0 spiro atoms. The van der Waals surface area contributed by atoms with Crippen molar-refractivity contribution in [3.8, 4) is 0 Å². The van der Waals surface area contributed by atoms with Crippen LogP contribution < -0.4 is 10.5 Å². The molecule has 5 nitrogen and oxygen atoms in total. The molecule has 0 bridgehead atoms. The van der Waals surface area contributed by atoms with Crippen molar-refractivity contribution in [2.75, 3.05) is 12.4 Å². The smallest absolute Gasteiger partial charge is 0.212 e. The molecule has 1 aliphatic rings. The molecule has 3 N–H and O–H groups in total. The highest BCUT2D eigenvalue weighted by atomic mass is 32.2. The van der Waals surface area contributed by atoms with Crippen LogP contribution in [0.15, 0.2) is 30.3 Å². The summed E-state index contributed by atoms with van der Waals surface area (Å²) in [6, 6.07) is 9.12. The van der Waals surface area contributed by atoms with Crippen LogP contribution in [0, 0.1) is 0 Å². The normalized spacial score (nSPS) is 26.2. The van der Waals surface area contributed by atoms with Crippen LogP contribution in [0.1, 0.15) is 18.9 Å². The van der Waals surface area contributed by atoms with E-state index >= 15 is 0 Å². The van der Waals surface area contributed by atoms with E-state index in [-0.39, 0.29) is 23.9 Å². The Balaban J connectivity index is 1.87. The van der Waals surface area contributed by atoms with E-state index < -0.39 is 10.0 Å². The van der Waals surface area contributed by atoms with E-state index in [1.54, 1.807) is 0 Å². The molecular formula is C14H22N2O3S. The van der Waals surface area contributed by atoms with Crippen molar-refractivity contribution >= 4 is 10.0 Å². The van der Waals surface area contributed by atoms with Gasteiger partial charge in [-0.15, -0.1) is 0 Å². The summed E-state index contributed by atoms with van der Waals surface area (Å²) in [7, 11) is -3.33. The Morgan fingerprint density at radius 3 is 2.65 bits per heavy atom. The number of aryl methyl sites for hydroxylation is 1. The van der Waals surface area contributed by atoms with E-state index in [4.69, 9.17) is 10.5 Å². The lowest BCUT2D eigenvalue weighted by Gasteiger charge is -2.42. The number of benzene rings is 1. The summed E-state index contributed by atoms with van der Waals surface area (Å²) in [4.78, 5) is 0. The van der Waals surface area contributed by atoms with Crippen LogP contribution in [0.3, 0.4) is 0 Å². The van der Waals surface area contributed by atoms with E-state index in [0.717, 1.165) is 5.56 Å². The summed E-state index contributed by atoms with van der Waals surface area (Å²) >= 11 is 0. The highest BCUT2D eigenvalue weighted by molar-refractivity contribution is 7.89. The molecule has 6 heteroatoms. The van der Waals surface area contributed by atoms with Gasteiger partial charge in [-0.05, 0) is 25.3 Å². The van der Waals surface area contributed by atoms with E-state index in [0.29, 0.717) is 19.4 Å². The summed E-state index contributed by atoms with van der Waals surface area (Å²) in [6.07, 6.45) is 1.11. The fourth-order valence-electron chi connectivity index (χ4n) is 2.35. The Hall–Kier alpha value is -0.950. The molecule has 0 amide bonds. The SMILES string of the molecule is CCOC1CC(N)C1NS(=O)(=O)CCc1ccccc1. The fourth-order valence-corrected chi connectivity index (χ4v) is 3.72. The first-order chi connectivity index (χ1) is 9.52. The van der Waals surface area contributed by atoms with Gasteiger partial charge in [0.25, 0.3) is 0 Å². The summed E-state index contributed by atoms with van der Waals surface area (Å²) < 4.78 is 32.3. The second-order valence-electron chi connectivity index (χ2n) is 5.09. The van der Waals surface area contributed by atoms with Gasteiger partial charge in [-0.2, -0.15) is 0 Å². The van der Waals surface area contributed by atoms with Gasteiger partial charge in [0.05, 0.1) is 17.9 Å². The van der Waals surface area contributed by atoms with Crippen LogP contribution in [0.2, 0.25) is 0 Å². The Morgan fingerprint density at radius 2 is 2.05 bits per heavy atom. The molecule has 0 heterocycles. The van der Waals surface area contributed by atoms with Crippen molar-refractivity contribution in [3.63, 3.8) is 0 Å². The first-order valence-corrected chi connectivity index (χ1v) is 8.58. The molecule has 112 valence electrons. The lowest BCUT2D eigenvalue weighted by atomic mass is 9.84. The molecule has 3 unspecified atom stereocenters. The summed E-state index contributed by atoms with van der Waals surface area (Å²) in [6.45, 7) is 2.46. The molecule has 1 fully saturated rings. The third-order valence-electron chi connectivity index (χ3n) is 3.56. The summed E-state index contributed by atoms with van der Waals surface area (Å²) in [5.41, 5.74) is 6.86. The Bertz CT molecular complexity index is 516. The minimum Gasteiger partial charge on any atom is -0.377 e. The van der Waals surface area contributed by atoms with E-state index in [2.05, 4.69) is 4.72 Å². The second-order valence-corrected chi connectivity index (χ2v) is 6.96. The number of hydrogen-bond acceptors (Lipinski definition) is 4. The van der Waals surface area contributed by atoms with E-state index in [9.17, 15) is 8.42 Å². The van der Waals surface area contributed by atoms with E-state index in [1.165, 1.54) is 0 Å². The van der Waals surface area contributed by atoms with Crippen molar-refractivity contribution < 1.29 is 13.2 Å². The Kier molecular flexibility index (Phi) is 5.15. The number of rotatable bonds is 7. The van der Waals surface area contributed by atoms with Crippen molar-refractivity contribution in [1.29, 1.82) is 0 Å². The minimum atomic E-state index is -3.33. The molecule has 1 aromatic carbocycles. The largest absolute Gasteiger partial charge is 0.377 e. The van der Waals surface area contributed by atoms with Crippen molar-refractivity contribution in [1.82, 2.24) is 4.72 Å². The van der Waals surface area contributed by atoms with Crippen molar-refractivity contribution in [2.24, 2.45) is 5.73 Å². The van der Waals surface area contributed by atoms with Crippen LogP contribution in [-0.2, 0) is 21.2 Å². The quantitative estimate of drug-likeness (QED) is 0.774. The molecule has 20 heavy (non-hydrogen) atoms. The molecule has 1 aliphatic carbocycles. The topological polar surface area (TPSA) is 81.4 Å². The van der Waals surface area contributed by atoms with Crippen LogP contribution in [0.4, 0.5) is 0 Å². The van der Waals surface area contributed by atoms with Gasteiger partial charge in [0, 0.05) is 12.6 Å². The van der Waals surface area contributed by atoms with E-state index in [1.807, 2.05) is 37.3 Å². The highest BCUT2D eigenvalue weighted by Crippen LogP contribution is 2.23. The van der Waals surface area contributed by atoms with Crippen LogP contribution in [0.5, 0.6) is 0 Å². The molecule has 0 radical (unpaired) electrons. The zero-order chi connectivity index (χ0) is 14.6. The maximum Gasteiger partial charge on any atom is 0.212 e. The third-order valence-corrected chi connectivity index (χ3v) is 4.94. The third kappa shape index (κ3) is 4.02. The standard InChI is InChI=1S/C14H22N2O3S/c1-2-19-13-10-12(15)14(13)16-20(17,18)9-8-11-6-4-3-5-7-11/h3-7,12-14,16H,2,8-10,15H2,1H3. The zero-order valence-corrected chi connectivity index (χ0v) is 12.5. The monoisotopic (exact) mass is 298 g/mol. The van der Waals surface area contributed by atoms with Crippen LogP contribution in [-0.4, -0.2) is 39.0 Å². The molecule has 0 aromatic heterocycles. The number of nitrogens with two attached hydrogens (primary N) is 1. The number of sulfonamides is 1. The van der Waals surface area contributed by atoms with Crippen molar-refractivity contribution in [3.05, 3.63) is 35.9 Å². The minimum absolute atomic E-state index is 0.0685. The highest BCUT2D eigenvalue weighted by Gasteiger charge is 2.41. The molecule has 3 atom stereocenters. The first-order valence-electron chi connectivity index (χ1n) is 6.93. The molecule has 0 aliphatic heterocycles. The van der Waals surface area contributed by atoms with Crippen LogP contribution >= 0.6 is 0 Å². The average molecular weight is 298 g/mol. The predicted molar refractivity (Wildman–Crippen MR) is 78.9 cm³/mol. The predicted octanol–water partition coefficient (Wildman–Crippen LogP) is 0.653. The van der Waals surface area contributed by atoms with Gasteiger partial charge in [0.15, 0.2) is 0 Å². The summed E-state index contributed by atoms with van der Waals surface area (Å²) in [5.74, 6) is 0.0685. The van der Waals surface area contributed by atoms with Crippen LogP contribution in [0.25, 0.3) is 0 Å². The molecule has 0 saturated heterocycles. The number of ether oxygens (including phenoxy) is 1. The van der Waals surface area contributed by atoms with Gasteiger partial charge in [-0.1, -0.05) is 30.3 Å². The fraction of sp³-hybridized carbons (Fsp3) is 0.571. The number of nitrogens with one attached hydrogen (secondary N) is 1. The van der Waals surface area contributed by atoms with Gasteiger partial charge in [-0.25, -0.2) is 13.1 Å². The molecule has 2 rings (SSSR count). The summed E-state index contributed by atoms with van der Waals surface area (Å²) in [5, 5.41) is 0. The Morgan fingerprint density at radius 1 is 1.35 bits per heavy atom.